The molecule has 0 unspecified atom stereocenters. The van der Waals surface area contributed by atoms with Crippen LogP contribution in [0.1, 0.15) is 41.6 Å². The van der Waals surface area contributed by atoms with Crippen molar-refractivity contribution >= 4 is 15.9 Å². The Hall–Kier alpha value is -2.90. The standard InChI is InChI=1S/C28H33N3O5S/c1-37(34,35)31-18-13-24(14-19-31)29-27(32)22-4-8-26(9-5-22)36-25-6-2-21(3-7-25)10-15-28(33)20-30-16-11-23(28)12-17-30/h2-9,23-24,33H,11-14,16-20H2,1H3,(H,29,32)/t28-/m0/s1. The second-order valence-electron chi connectivity index (χ2n) is 10.3. The van der Waals surface area contributed by atoms with Gasteiger partial charge in [-0.2, -0.15) is 0 Å². The van der Waals surface area contributed by atoms with Crippen molar-refractivity contribution in [2.75, 3.05) is 39.0 Å². The van der Waals surface area contributed by atoms with E-state index in [1.807, 2.05) is 24.3 Å². The molecule has 4 aliphatic heterocycles. The summed E-state index contributed by atoms with van der Waals surface area (Å²) in [7, 11) is -3.19. The van der Waals surface area contributed by atoms with Gasteiger partial charge in [0.2, 0.25) is 10.0 Å². The van der Waals surface area contributed by atoms with Gasteiger partial charge >= 0.3 is 0 Å². The Morgan fingerprint density at radius 2 is 1.57 bits per heavy atom. The largest absolute Gasteiger partial charge is 0.457 e. The molecule has 1 atom stereocenters. The van der Waals surface area contributed by atoms with Crippen molar-refractivity contribution in [2.24, 2.45) is 5.92 Å². The lowest BCUT2D eigenvalue weighted by atomic mass is 9.76. The molecule has 0 aromatic heterocycles. The van der Waals surface area contributed by atoms with Crippen LogP contribution in [0.5, 0.6) is 11.5 Å². The maximum atomic E-state index is 12.6. The molecule has 9 heteroatoms. The molecule has 2 N–H and O–H groups in total. The van der Waals surface area contributed by atoms with Crippen molar-refractivity contribution in [3.63, 3.8) is 0 Å². The van der Waals surface area contributed by atoms with Crippen LogP contribution in [0.4, 0.5) is 0 Å². The van der Waals surface area contributed by atoms with Crippen LogP contribution in [-0.2, 0) is 10.0 Å². The molecule has 196 valence electrons. The topological polar surface area (TPSA) is 99.2 Å². The molecule has 0 radical (unpaired) electrons. The van der Waals surface area contributed by atoms with Crippen molar-refractivity contribution in [3.8, 4) is 23.3 Å². The smallest absolute Gasteiger partial charge is 0.251 e. The SMILES string of the molecule is CS(=O)(=O)N1CCC(NC(=O)c2ccc(Oc3ccc(C#C[C@]4(O)CN5CCC4CC5)cc3)cc2)CC1. The van der Waals surface area contributed by atoms with E-state index in [1.54, 1.807) is 24.3 Å². The van der Waals surface area contributed by atoms with E-state index >= 15 is 0 Å². The second-order valence-corrected chi connectivity index (χ2v) is 12.3. The number of aliphatic hydroxyl groups is 1. The number of nitrogens with zero attached hydrogens (tertiary/aromatic N) is 2. The minimum absolute atomic E-state index is 0.0467. The number of nitrogens with one attached hydrogen (secondary N) is 1. The lowest BCUT2D eigenvalue weighted by molar-refractivity contribution is -0.0713. The van der Waals surface area contributed by atoms with Crippen LogP contribution in [0.2, 0.25) is 0 Å². The number of rotatable bonds is 5. The summed E-state index contributed by atoms with van der Waals surface area (Å²) < 4.78 is 30.7. The molecule has 4 fully saturated rings. The number of fused-ring (bicyclic) bond motifs is 3. The number of carbonyl (C=O) groups is 1. The fourth-order valence-electron chi connectivity index (χ4n) is 5.38. The fourth-order valence-corrected chi connectivity index (χ4v) is 6.25. The van der Waals surface area contributed by atoms with E-state index in [4.69, 9.17) is 4.74 Å². The van der Waals surface area contributed by atoms with Gasteiger partial charge in [-0.3, -0.25) is 9.69 Å². The minimum atomic E-state index is -3.19. The predicted molar refractivity (Wildman–Crippen MR) is 141 cm³/mol. The Morgan fingerprint density at radius 1 is 0.973 bits per heavy atom. The van der Waals surface area contributed by atoms with Crippen LogP contribution in [0, 0.1) is 17.8 Å². The average Bonchev–Trinajstić information content (AvgIpc) is 2.89. The van der Waals surface area contributed by atoms with Gasteiger partial charge in [-0.1, -0.05) is 11.8 Å². The molecular formula is C28H33N3O5S. The molecule has 0 saturated carbocycles. The third-order valence-corrected chi connectivity index (χ3v) is 8.92. The summed E-state index contributed by atoms with van der Waals surface area (Å²) in [6.45, 7) is 3.57. The summed E-state index contributed by atoms with van der Waals surface area (Å²) in [5.41, 5.74) is 0.425. The van der Waals surface area contributed by atoms with E-state index in [0.29, 0.717) is 49.5 Å². The molecule has 0 spiro atoms. The Labute approximate surface area is 218 Å². The average molecular weight is 524 g/mol. The molecule has 2 bridgehead atoms. The molecule has 37 heavy (non-hydrogen) atoms. The number of benzene rings is 2. The van der Waals surface area contributed by atoms with Gasteiger partial charge in [-0.15, -0.1) is 0 Å². The first kappa shape index (κ1) is 25.7. The Morgan fingerprint density at radius 3 is 2.11 bits per heavy atom. The number of carbonyl (C=O) groups excluding carboxylic acids is 1. The number of hydrogen-bond acceptors (Lipinski definition) is 6. The van der Waals surface area contributed by atoms with E-state index in [9.17, 15) is 18.3 Å². The maximum absolute atomic E-state index is 12.6. The zero-order valence-electron chi connectivity index (χ0n) is 21.0. The van der Waals surface area contributed by atoms with E-state index < -0.39 is 15.6 Å². The third kappa shape index (κ3) is 6.16. The Kier molecular flexibility index (Phi) is 7.28. The zero-order chi connectivity index (χ0) is 26.0. The molecule has 2 aromatic rings. The van der Waals surface area contributed by atoms with E-state index in [1.165, 1.54) is 10.6 Å². The van der Waals surface area contributed by atoms with Crippen molar-refractivity contribution < 1.29 is 23.1 Å². The monoisotopic (exact) mass is 523 g/mol. The van der Waals surface area contributed by atoms with Crippen LogP contribution in [0.3, 0.4) is 0 Å². The summed E-state index contributed by atoms with van der Waals surface area (Å²) in [4.78, 5) is 14.9. The minimum Gasteiger partial charge on any atom is -0.457 e. The van der Waals surface area contributed by atoms with Gasteiger partial charge in [0, 0.05) is 42.7 Å². The number of sulfonamides is 1. The van der Waals surface area contributed by atoms with Crippen molar-refractivity contribution in [1.29, 1.82) is 0 Å². The first-order valence-electron chi connectivity index (χ1n) is 12.8. The van der Waals surface area contributed by atoms with Gasteiger partial charge in [-0.05, 0) is 87.3 Å². The third-order valence-electron chi connectivity index (χ3n) is 7.62. The van der Waals surface area contributed by atoms with Crippen molar-refractivity contribution in [3.05, 3.63) is 59.7 Å². The summed E-state index contributed by atoms with van der Waals surface area (Å²) in [6.07, 6.45) is 4.41. The highest BCUT2D eigenvalue weighted by atomic mass is 32.2. The summed E-state index contributed by atoms with van der Waals surface area (Å²) in [6, 6.07) is 14.3. The van der Waals surface area contributed by atoms with Crippen LogP contribution >= 0.6 is 0 Å². The van der Waals surface area contributed by atoms with E-state index in [0.717, 1.165) is 31.5 Å². The summed E-state index contributed by atoms with van der Waals surface area (Å²) >= 11 is 0. The van der Waals surface area contributed by atoms with Crippen LogP contribution in [-0.4, -0.2) is 79.3 Å². The lowest BCUT2D eigenvalue weighted by Crippen LogP contribution is -2.58. The van der Waals surface area contributed by atoms with E-state index in [2.05, 4.69) is 22.1 Å². The van der Waals surface area contributed by atoms with Gasteiger partial charge < -0.3 is 15.2 Å². The van der Waals surface area contributed by atoms with E-state index in [-0.39, 0.29) is 17.9 Å². The molecule has 4 aliphatic rings. The van der Waals surface area contributed by atoms with Crippen LogP contribution < -0.4 is 10.1 Å². The number of amides is 1. The van der Waals surface area contributed by atoms with Gasteiger partial charge in [0.1, 0.15) is 17.1 Å². The van der Waals surface area contributed by atoms with Gasteiger partial charge in [-0.25, -0.2) is 12.7 Å². The molecule has 2 aromatic carbocycles. The molecule has 1 amide bonds. The summed E-state index contributed by atoms with van der Waals surface area (Å²) in [5.74, 6) is 7.60. The van der Waals surface area contributed by atoms with Crippen LogP contribution in [0.25, 0.3) is 0 Å². The number of piperidine rings is 4. The Bertz CT molecular complexity index is 1280. The molecular weight excluding hydrogens is 490 g/mol. The molecule has 0 aliphatic carbocycles. The number of ether oxygens (including phenoxy) is 1. The number of hydrogen-bond donors (Lipinski definition) is 2. The van der Waals surface area contributed by atoms with Gasteiger partial charge in [0.25, 0.3) is 5.91 Å². The highest BCUT2D eigenvalue weighted by Crippen LogP contribution is 2.35. The molecule has 4 heterocycles. The molecule has 8 nitrogen and oxygen atoms in total. The zero-order valence-corrected chi connectivity index (χ0v) is 21.8. The maximum Gasteiger partial charge on any atom is 0.251 e. The fraction of sp³-hybridized carbons (Fsp3) is 0.464. The first-order chi connectivity index (χ1) is 17.7. The quantitative estimate of drug-likeness (QED) is 0.584. The second kappa shape index (κ2) is 10.5. The van der Waals surface area contributed by atoms with Crippen LogP contribution in [0.15, 0.2) is 48.5 Å². The molecule has 6 rings (SSSR count). The highest BCUT2D eigenvalue weighted by Gasteiger charge is 2.44. The summed E-state index contributed by atoms with van der Waals surface area (Å²) in [5, 5.41) is 14.0. The van der Waals surface area contributed by atoms with Crippen molar-refractivity contribution in [2.45, 2.75) is 37.3 Å². The normalized spacial score (nSPS) is 26.2. The highest BCUT2D eigenvalue weighted by molar-refractivity contribution is 7.88. The van der Waals surface area contributed by atoms with Gasteiger partial charge in [0.15, 0.2) is 0 Å². The molecule has 4 saturated heterocycles. The Balaban J connectivity index is 1.13. The van der Waals surface area contributed by atoms with Crippen molar-refractivity contribution in [1.82, 2.24) is 14.5 Å². The predicted octanol–water partition coefficient (Wildman–Crippen LogP) is 2.44. The lowest BCUT2D eigenvalue weighted by Gasteiger charge is -2.47. The van der Waals surface area contributed by atoms with Gasteiger partial charge in [0.05, 0.1) is 6.26 Å². The first-order valence-corrected chi connectivity index (χ1v) is 14.6.